The van der Waals surface area contributed by atoms with E-state index in [0.29, 0.717) is 6.54 Å². The standard InChI is InChI=1S/C6H11NO2/c1-6(2,3)4-7-9-5-8/h4H2,1-3H3. The van der Waals surface area contributed by atoms with E-state index < -0.39 is 0 Å². The van der Waals surface area contributed by atoms with Gasteiger partial charge in [-0.3, -0.25) is 0 Å². The second-order valence-corrected chi connectivity index (χ2v) is 3.02. The highest BCUT2D eigenvalue weighted by Crippen LogP contribution is 2.10. The van der Waals surface area contributed by atoms with Crippen molar-refractivity contribution >= 4 is 6.47 Å². The van der Waals surface area contributed by atoms with Gasteiger partial charge in [-0.05, 0) is 10.9 Å². The summed E-state index contributed by atoms with van der Waals surface area (Å²) in [6.45, 7) is 7.75. The molecule has 9 heavy (non-hydrogen) atoms. The van der Waals surface area contributed by atoms with E-state index in [1.807, 2.05) is 20.8 Å². The summed E-state index contributed by atoms with van der Waals surface area (Å²) in [5.74, 6) is 0. The van der Waals surface area contributed by atoms with E-state index >= 15 is 0 Å². The number of hydroxylamine groups is 1. The van der Waals surface area contributed by atoms with Gasteiger partial charge in [-0.15, -0.1) is 0 Å². The van der Waals surface area contributed by atoms with Crippen LogP contribution in [0, 0.1) is 5.41 Å². The second kappa shape index (κ2) is 3.45. The van der Waals surface area contributed by atoms with Crippen molar-refractivity contribution in [2.45, 2.75) is 20.8 Å². The van der Waals surface area contributed by atoms with Crippen LogP contribution in [-0.4, -0.2) is 13.0 Å². The van der Waals surface area contributed by atoms with Gasteiger partial charge in [0, 0.05) is 0 Å². The van der Waals surface area contributed by atoms with Crippen molar-refractivity contribution in [1.29, 1.82) is 0 Å². The van der Waals surface area contributed by atoms with Gasteiger partial charge < -0.3 is 4.84 Å². The Morgan fingerprint density at radius 1 is 1.56 bits per heavy atom. The zero-order valence-electron chi connectivity index (χ0n) is 5.97. The van der Waals surface area contributed by atoms with Crippen molar-refractivity contribution in [3.63, 3.8) is 0 Å². The highest BCUT2D eigenvalue weighted by molar-refractivity contribution is 5.37. The van der Waals surface area contributed by atoms with Crippen molar-refractivity contribution in [3.05, 3.63) is 0 Å². The van der Waals surface area contributed by atoms with Crippen LogP contribution in [0.3, 0.4) is 0 Å². The molecule has 0 aromatic carbocycles. The van der Waals surface area contributed by atoms with Gasteiger partial charge >= 0.3 is 6.47 Å². The lowest BCUT2D eigenvalue weighted by Crippen LogP contribution is -2.20. The Balaban J connectivity index is 3.17. The van der Waals surface area contributed by atoms with Gasteiger partial charge in [0.1, 0.15) is 0 Å². The van der Waals surface area contributed by atoms with Crippen molar-refractivity contribution in [1.82, 2.24) is 5.48 Å². The SMILES string of the molecule is CC(C)(C)C[N]O[C]=O. The van der Waals surface area contributed by atoms with E-state index in [9.17, 15) is 4.79 Å². The quantitative estimate of drug-likeness (QED) is 0.414. The molecule has 0 N–H and O–H groups in total. The monoisotopic (exact) mass is 129 g/mol. The molecule has 2 radical (unpaired) electrons. The highest BCUT2D eigenvalue weighted by Gasteiger charge is 2.10. The molecule has 0 fully saturated rings. The van der Waals surface area contributed by atoms with Crippen LogP contribution in [0.2, 0.25) is 0 Å². The highest BCUT2D eigenvalue weighted by atomic mass is 16.7. The summed E-state index contributed by atoms with van der Waals surface area (Å²) in [6.07, 6.45) is 0. The zero-order chi connectivity index (χ0) is 7.33. The Labute approximate surface area is 55.3 Å². The van der Waals surface area contributed by atoms with Crippen LogP contribution in [0.4, 0.5) is 0 Å². The smallest absolute Gasteiger partial charge is 0.340 e. The first-order valence-electron chi connectivity index (χ1n) is 2.76. The Hall–Kier alpha value is -0.570. The van der Waals surface area contributed by atoms with Gasteiger partial charge in [-0.2, -0.15) is 0 Å². The lowest BCUT2D eigenvalue weighted by atomic mass is 9.98. The van der Waals surface area contributed by atoms with Gasteiger partial charge in [0.15, 0.2) is 0 Å². The molecule has 0 bridgehead atoms. The van der Waals surface area contributed by atoms with Crippen molar-refractivity contribution in [3.8, 4) is 0 Å². The maximum Gasteiger partial charge on any atom is 0.439 e. The molecule has 0 amide bonds. The summed E-state index contributed by atoms with van der Waals surface area (Å²) in [7, 11) is 0. The third-order valence-electron chi connectivity index (χ3n) is 0.641. The normalized spacial score (nSPS) is 11.0. The van der Waals surface area contributed by atoms with Crippen LogP contribution in [0.1, 0.15) is 20.8 Å². The molecule has 0 aliphatic carbocycles. The predicted molar refractivity (Wildman–Crippen MR) is 33.2 cm³/mol. The molecule has 0 heterocycles. The summed E-state index contributed by atoms with van der Waals surface area (Å²) in [4.78, 5) is 13.5. The maximum atomic E-state index is 9.45. The first kappa shape index (κ1) is 8.43. The number of hydrogen-bond acceptors (Lipinski definition) is 2. The Morgan fingerprint density at radius 3 is 2.44 bits per heavy atom. The summed E-state index contributed by atoms with van der Waals surface area (Å²) in [6, 6.07) is 0. The molecule has 52 valence electrons. The number of rotatable bonds is 3. The van der Waals surface area contributed by atoms with Gasteiger partial charge in [-0.25, -0.2) is 4.79 Å². The van der Waals surface area contributed by atoms with Gasteiger partial charge in [-0.1, -0.05) is 20.8 Å². The summed E-state index contributed by atoms with van der Waals surface area (Å²) in [5.41, 5.74) is 3.52. The molecule has 0 atom stereocenters. The fourth-order valence-corrected chi connectivity index (χ4v) is 0.252. The zero-order valence-corrected chi connectivity index (χ0v) is 5.97. The van der Waals surface area contributed by atoms with Gasteiger partial charge in [0.05, 0.1) is 6.54 Å². The minimum atomic E-state index is 0.0802. The molecule has 0 unspecified atom stereocenters. The van der Waals surface area contributed by atoms with Crippen LogP contribution in [0.15, 0.2) is 0 Å². The lowest BCUT2D eigenvalue weighted by Gasteiger charge is -2.14. The topological polar surface area (TPSA) is 40.4 Å². The first-order valence-corrected chi connectivity index (χ1v) is 2.76. The van der Waals surface area contributed by atoms with E-state index in [1.165, 1.54) is 6.47 Å². The first-order chi connectivity index (χ1) is 4.06. The van der Waals surface area contributed by atoms with Crippen LogP contribution < -0.4 is 5.48 Å². The molecule has 0 aliphatic heterocycles. The van der Waals surface area contributed by atoms with Gasteiger partial charge in [0.25, 0.3) is 0 Å². The van der Waals surface area contributed by atoms with Crippen molar-refractivity contribution < 1.29 is 9.63 Å². The summed E-state index contributed by atoms with van der Waals surface area (Å²) >= 11 is 0. The number of carbonyl (C=O) groups excluding carboxylic acids is 1. The third-order valence-corrected chi connectivity index (χ3v) is 0.641. The van der Waals surface area contributed by atoms with Crippen molar-refractivity contribution in [2.75, 3.05) is 6.54 Å². The molecule has 0 saturated carbocycles. The summed E-state index contributed by atoms with van der Waals surface area (Å²) in [5, 5.41) is 0. The Morgan fingerprint density at radius 2 is 2.11 bits per heavy atom. The molecule has 0 rings (SSSR count). The average Bonchev–Trinajstić information content (AvgIpc) is 1.63. The van der Waals surface area contributed by atoms with E-state index in [1.54, 1.807) is 0 Å². The number of nitrogens with zero attached hydrogens (tertiary/aromatic N) is 1. The number of hydrogen-bond donors (Lipinski definition) is 0. The third kappa shape index (κ3) is 7.43. The fourth-order valence-electron chi connectivity index (χ4n) is 0.252. The fraction of sp³-hybridized carbons (Fsp3) is 0.833. The summed E-state index contributed by atoms with van der Waals surface area (Å²) < 4.78 is 0. The van der Waals surface area contributed by atoms with Crippen molar-refractivity contribution in [2.24, 2.45) is 5.41 Å². The largest absolute Gasteiger partial charge is 0.439 e. The van der Waals surface area contributed by atoms with Crippen LogP contribution in [-0.2, 0) is 9.63 Å². The molecular formula is C6H11NO2. The molecule has 3 heteroatoms. The molecular weight excluding hydrogens is 118 g/mol. The average molecular weight is 129 g/mol. The van der Waals surface area contributed by atoms with Crippen LogP contribution in [0.5, 0.6) is 0 Å². The molecule has 0 spiro atoms. The molecule has 3 nitrogen and oxygen atoms in total. The molecule has 0 aromatic heterocycles. The Kier molecular flexibility index (Phi) is 3.24. The predicted octanol–water partition coefficient (Wildman–Crippen LogP) is 0.636. The van der Waals surface area contributed by atoms with E-state index in [0.717, 1.165) is 0 Å². The van der Waals surface area contributed by atoms with E-state index in [2.05, 4.69) is 10.3 Å². The van der Waals surface area contributed by atoms with Gasteiger partial charge in [0.2, 0.25) is 0 Å². The molecule has 0 aliphatic rings. The van der Waals surface area contributed by atoms with Crippen LogP contribution >= 0.6 is 0 Å². The second-order valence-electron chi connectivity index (χ2n) is 3.02. The van der Waals surface area contributed by atoms with Crippen LogP contribution in [0.25, 0.3) is 0 Å². The van der Waals surface area contributed by atoms with E-state index in [-0.39, 0.29) is 5.41 Å². The minimum absolute atomic E-state index is 0.0802. The molecule has 0 aromatic rings. The maximum absolute atomic E-state index is 9.45. The molecule has 0 saturated heterocycles. The minimum Gasteiger partial charge on any atom is -0.340 e. The lowest BCUT2D eigenvalue weighted by molar-refractivity contribution is 0.126. The Bertz CT molecular complexity index is 85.5. The van der Waals surface area contributed by atoms with E-state index in [4.69, 9.17) is 0 Å².